The number of phenolic OH excluding ortho intramolecular Hbond substituents is 1. The van der Waals surface area contributed by atoms with Crippen molar-refractivity contribution in [3.8, 4) is 5.75 Å². The van der Waals surface area contributed by atoms with Gasteiger partial charge in [-0.2, -0.15) is 25.3 Å². The van der Waals surface area contributed by atoms with Crippen LogP contribution in [0.25, 0.3) is 0 Å². The summed E-state index contributed by atoms with van der Waals surface area (Å²) in [5.74, 6) is 0.462. The van der Waals surface area contributed by atoms with Crippen LogP contribution in [-0.4, -0.2) is 15.6 Å². The highest BCUT2D eigenvalue weighted by molar-refractivity contribution is 7.81. The van der Waals surface area contributed by atoms with Crippen LogP contribution in [0.1, 0.15) is 108 Å². The van der Waals surface area contributed by atoms with Gasteiger partial charge in [0, 0.05) is 10.5 Å². The lowest BCUT2D eigenvalue weighted by Gasteiger charge is -2.17. The Bertz CT molecular complexity index is 530. The number of hydrogen-bond acceptors (Lipinski definition) is 3. The average molecular weight is 425 g/mol. The summed E-state index contributed by atoms with van der Waals surface area (Å²) in [6.07, 6.45) is 17.2. The van der Waals surface area contributed by atoms with Crippen LogP contribution in [0.4, 0.5) is 0 Å². The molecular formula is C25H44OS2. The van der Waals surface area contributed by atoms with Crippen LogP contribution in [-0.2, 0) is 12.8 Å². The van der Waals surface area contributed by atoms with E-state index in [0.717, 1.165) is 30.4 Å². The fourth-order valence-electron chi connectivity index (χ4n) is 3.90. The van der Waals surface area contributed by atoms with Crippen molar-refractivity contribution in [2.24, 2.45) is 0 Å². The van der Waals surface area contributed by atoms with Gasteiger partial charge in [0.1, 0.15) is 5.75 Å². The molecule has 0 aliphatic carbocycles. The molecule has 0 spiro atoms. The van der Waals surface area contributed by atoms with Crippen LogP contribution in [0.3, 0.4) is 0 Å². The lowest BCUT2D eigenvalue weighted by atomic mass is 9.96. The first-order valence-corrected chi connectivity index (χ1v) is 12.7. The minimum Gasteiger partial charge on any atom is -0.507 e. The van der Waals surface area contributed by atoms with Gasteiger partial charge in [-0.1, -0.05) is 90.2 Å². The van der Waals surface area contributed by atoms with Crippen LogP contribution in [0, 0.1) is 6.92 Å². The number of benzene rings is 1. The molecule has 0 saturated carbocycles. The molecular weight excluding hydrogens is 380 g/mol. The van der Waals surface area contributed by atoms with Gasteiger partial charge in [-0.15, -0.1) is 0 Å². The standard InChI is InChI=1S/C25H44OS2/c1-4-6-8-10-12-14-23(27)18-21-16-20(3)25(26)22(17-21)19-24(28)15-13-11-9-7-5-2/h16-17,23-24,26-28H,4-15,18-19H2,1-3H3. The van der Waals surface area contributed by atoms with E-state index in [1.165, 1.54) is 76.2 Å². The summed E-state index contributed by atoms with van der Waals surface area (Å²) >= 11 is 9.63. The number of unbranched alkanes of at least 4 members (excludes halogenated alkanes) is 8. The minimum atomic E-state index is 0.326. The lowest BCUT2D eigenvalue weighted by Crippen LogP contribution is -2.07. The van der Waals surface area contributed by atoms with Crippen LogP contribution in [0.5, 0.6) is 5.75 Å². The fraction of sp³-hybridized carbons (Fsp3) is 0.760. The van der Waals surface area contributed by atoms with Gasteiger partial charge in [0.05, 0.1) is 0 Å². The molecule has 2 unspecified atom stereocenters. The van der Waals surface area contributed by atoms with Crippen molar-refractivity contribution in [2.45, 2.75) is 121 Å². The maximum Gasteiger partial charge on any atom is 0.121 e. The van der Waals surface area contributed by atoms with E-state index in [-0.39, 0.29) is 0 Å². The summed E-state index contributed by atoms with van der Waals surface area (Å²) in [5.41, 5.74) is 3.36. The molecule has 0 aliphatic rings. The molecule has 0 bridgehead atoms. The first kappa shape index (κ1) is 25.8. The predicted molar refractivity (Wildman–Crippen MR) is 133 cm³/mol. The summed E-state index contributed by atoms with van der Waals surface area (Å²) < 4.78 is 0. The number of rotatable bonds is 16. The van der Waals surface area contributed by atoms with Crippen molar-refractivity contribution >= 4 is 25.3 Å². The molecule has 1 N–H and O–H groups in total. The first-order chi connectivity index (χ1) is 13.5. The Morgan fingerprint density at radius 3 is 1.79 bits per heavy atom. The minimum absolute atomic E-state index is 0.326. The van der Waals surface area contributed by atoms with Crippen LogP contribution in [0.2, 0.25) is 0 Å². The molecule has 28 heavy (non-hydrogen) atoms. The largest absolute Gasteiger partial charge is 0.507 e. The Labute approximate surface area is 185 Å². The summed E-state index contributed by atoms with van der Waals surface area (Å²) in [5, 5.41) is 11.3. The average Bonchev–Trinajstić information content (AvgIpc) is 2.65. The van der Waals surface area contributed by atoms with Crippen molar-refractivity contribution in [3.63, 3.8) is 0 Å². The van der Waals surface area contributed by atoms with Gasteiger partial charge in [-0.25, -0.2) is 0 Å². The highest BCUT2D eigenvalue weighted by Crippen LogP contribution is 2.29. The molecule has 0 amide bonds. The van der Waals surface area contributed by atoms with E-state index in [1.807, 2.05) is 6.92 Å². The van der Waals surface area contributed by atoms with E-state index < -0.39 is 0 Å². The SMILES string of the molecule is CCCCCCCC(S)Cc1cc(C)c(O)c(CC(S)CCCCCCC)c1. The zero-order chi connectivity index (χ0) is 20.8. The van der Waals surface area contributed by atoms with Gasteiger partial charge in [0.2, 0.25) is 0 Å². The second-order valence-electron chi connectivity index (χ2n) is 8.54. The summed E-state index contributed by atoms with van der Waals surface area (Å²) in [4.78, 5) is 0. The van der Waals surface area contributed by atoms with Crippen molar-refractivity contribution in [1.82, 2.24) is 0 Å². The van der Waals surface area contributed by atoms with Gasteiger partial charge < -0.3 is 5.11 Å². The number of thiol groups is 2. The normalized spacial score (nSPS) is 13.6. The zero-order valence-electron chi connectivity index (χ0n) is 18.6. The molecule has 1 rings (SSSR count). The van der Waals surface area contributed by atoms with Crippen molar-refractivity contribution < 1.29 is 5.11 Å². The highest BCUT2D eigenvalue weighted by Gasteiger charge is 2.13. The summed E-state index contributed by atoms with van der Waals surface area (Å²) in [7, 11) is 0. The number of aryl methyl sites for hydroxylation is 1. The monoisotopic (exact) mass is 424 g/mol. The molecule has 0 heterocycles. The van der Waals surface area contributed by atoms with Crippen LogP contribution >= 0.6 is 25.3 Å². The molecule has 0 aliphatic heterocycles. The Kier molecular flexibility index (Phi) is 14.3. The van der Waals surface area contributed by atoms with E-state index >= 15 is 0 Å². The molecule has 0 aromatic heterocycles. The maximum absolute atomic E-state index is 10.5. The van der Waals surface area contributed by atoms with E-state index in [2.05, 4.69) is 26.0 Å². The van der Waals surface area contributed by atoms with E-state index in [9.17, 15) is 5.11 Å². The summed E-state index contributed by atoms with van der Waals surface area (Å²) in [6.45, 7) is 6.52. The van der Waals surface area contributed by atoms with Crippen LogP contribution < -0.4 is 0 Å². The Morgan fingerprint density at radius 1 is 0.750 bits per heavy atom. The Balaban J connectivity index is 2.51. The number of phenols is 1. The second-order valence-corrected chi connectivity index (χ2v) is 10.0. The second kappa shape index (κ2) is 15.5. The maximum atomic E-state index is 10.5. The molecule has 162 valence electrons. The molecule has 1 aromatic carbocycles. The Hall–Kier alpha value is -0.280. The number of aromatic hydroxyl groups is 1. The van der Waals surface area contributed by atoms with Gasteiger partial charge >= 0.3 is 0 Å². The lowest BCUT2D eigenvalue weighted by molar-refractivity contribution is 0.462. The van der Waals surface area contributed by atoms with Gasteiger partial charge in [-0.3, -0.25) is 0 Å². The predicted octanol–water partition coefficient (Wildman–Crippen LogP) is 8.10. The molecule has 2 atom stereocenters. The molecule has 0 fully saturated rings. The van der Waals surface area contributed by atoms with Gasteiger partial charge in [-0.05, 0) is 49.3 Å². The van der Waals surface area contributed by atoms with Crippen molar-refractivity contribution in [2.75, 3.05) is 0 Å². The molecule has 1 nitrogen and oxygen atoms in total. The third kappa shape index (κ3) is 11.0. The van der Waals surface area contributed by atoms with Gasteiger partial charge in [0.15, 0.2) is 0 Å². The molecule has 0 radical (unpaired) electrons. The van der Waals surface area contributed by atoms with Crippen molar-refractivity contribution in [3.05, 3.63) is 28.8 Å². The molecule has 0 saturated heterocycles. The quantitative estimate of drug-likeness (QED) is 0.181. The van der Waals surface area contributed by atoms with Gasteiger partial charge in [0.25, 0.3) is 0 Å². The smallest absolute Gasteiger partial charge is 0.121 e. The van der Waals surface area contributed by atoms with E-state index in [1.54, 1.807) is 0 Å². The number of hydrogen-bond donors (Lipinski definition) is 3. The third-order valence-electron chi connectivity index (χ3n) is 5.65. The molecule has 3 heteroatoms. The topological polar surface area (TPSA) is 20.2 Å². The molecule has 1 aromatic rings. The fourth-order valence-corrected chi connectivity index (χ4v) is 4.68. The van der Waals surface area contributed by atoms with Crippen LogP contribution in [0.15, 0.2) is 12.1 Å². The first-order valence-electron chi connectivity index (χ1n) is 11.6. The highest BCUT2D eigenvalue weighted by atomic mass is 32.1. The Morgan fingerprint density at radius 2 is 1.25 bits per heavy atom. The van der Waals surface area contributed by atoms with E-state index in [0.29, 0.717) is 16.2 Å². The van der Waals surface area contributed by atoms with Crippen molar-refractivity contribution in [1.29, 1.82) is 0 Å². The summed E-state index contributed by atoms with van der Waals surface area (Å²) in [6, 6.07) is 4.33. The third-order valence-corrected chi connectivity index (χ3v) is 6.53. The van der Waals surface area contributed by atoms with E-state index in [4.69, 9.17) is 25.3 Å². The zero-order valence-corrected chi connectivity index (χ0v) is 20.3.